The van der Waals surface area contributed by atoms with Crippen molar-refractivity contribution >= 4 is 15.9 Å². The number of aliphatic hydroxyl groups excluding tert-OH is 1. The fourth-order valence-corrected chi connectivity index (χ4v) is 1.88. The Labute approximate surface area is 93.3 Å². The summed E-state index contributed by atoms with van der Waals surface area (Å²) in [4.78, 5) is 0. The molecule has 0 aliphatic carbocycles. The van der Waals surface area contributed by atoms with Gasteiger partial charge in [0.25, 0.3) is 0 Å². The molecule has 80 valence electrons. The summed E-state index contributed by atoms with van der Waals surface area (Å²) in [6.07, 6.45) is 4.32. The molecule has 1 aromatic rings. The molecule has 14 heavy (non-hydrogen) atoms. The summed E-state index contributed by atoms with van der Waals surface area (Å²) in [5.41, 5.74) is 1.19. The SMILES string of the molecule is CCCn1ncc(Br)c1CCC(C)O. The number of halogens is 1. The van der Waals surface area contributed by atoms with E-state index in [2.05, 4.69) is 28.0 Å². The summed E-state index contributed by atoms with van der Waals surface area (Å²) < 4.78 is 3.05. The van der Waals surface area contributed by atoms with Crippen molar-refractivity contribution in [2.24, 2.45) is 0 Å². The maximum Gasteiger partial charge on any atom is 0.0635 e. The Balaban J connectivity index is 2.67. The van der Waals surface area contributed by atoms with Crippen molar-refractivity contribution in [1.29, 1.82) is 0 Å². The minimum atomic E-state index is -0.244. The topological polar surface area (TPSA) is 38.0 Å². The molecule has 1 heterocycles. The maximum atomic E-state index is 9.22. The quantitative estimate of drug-likeness (QED) is 0.883. The van der Waals surface area contributed by atoms with Crippen LogP contribution in [0.15, 0.2) is 10.7 Å². The third-order valence-corrected chi connectivity index (χ3v) is 2.79. The van der Waals surface area contributed by atoms with E-state index in [9.17, 15) is 5.11 Å². The molecule has 0 aliphatic rings. The largest absolute Gasteiger partial charge is 0.393 e. The molecule has 4 heteroatoms. The molecular formula is C10H17BrN2O. The van der Waals surface area contributed by atoms with Crippen LogP contribution in [0.1, 0.15) is 32.4 Å². The first-order chi connectivity index (χ1) is 6.65. The van der Waals surface area contributed by atoms with Gasteiger partial charge in [-0.05, 0) is 42.1 Å². The predicted molar refractivity (Wildman–Crippen MR) is 60.2 cm³/mol. The van der Waals surface area contributed by atoms with Crippen LogP contribution in [0.4, 0.5) is 0 Å². The van der Waals surface area contributed by atoms with E-state index in [1.165, 1.54) is 5.69 Å². The lowest BCUT2D eigenvalue weighted by Gasteiger charge is -2.08. The Morgan fingerprint density at radius 1 is 1.64 bits per heavy atom. The van der Waals surface area contributed by atoms with Gasteiger partial charge in [0.05, 0.1) is 22.5 Å². The Morgan fingerprint density at radius 3 is 2.93 bits per heavy atom. The van der Waals surface area contributed by atoms with Crippen LogP contribution in [0.2, 0.25) is 0 Å². The third kappa shape index (κ3) is 3.10. The van der Waals surface area contributed by atoms with E-state index in [-0.39, 0.29) is 6.10 Å². The second-order valence-electron chi connectivity index (χ2n) is 3.55. The average molecular weight is 261 g/mol. The number of rotatable bonds is 5. The van der Waals surface area contributed by atoms with Crippen LogP contribution >= 0.6 is 15.9 Å². The summed E-state index contributed by atoms with van der Waals surface area (Å²) in [6, 6.07) is 0. The molecule has 0 saturated carbocycles. The molecule has 0 bridgehead atoms. The zero-order valence-corrected chi connectivity index (χ0v) is 10.3. The van der Waals surface area contributed by atoms with Gasteiger partial charge in [0.1, 0.15) is 0 Å². The van der Waals surface area contributed by atoms with E-state index in [0.717, 1.165) is 30.3 Å². The summed E-state index contributed by atoms with van der Waals surface area (Å²) >= 11 is 3.47. The molecule has 1 aromatic heterocycles. The highest BCUT2D eigenvalue weighted by molar-refractivity contribution is 9.10. The second-order valence-corrected chi connectivity index (χ2v) is 4.40. The molecular weight excluding hydrogens is 244 g/mol. The first kappa shape index (κ1) is 11.7. The van der Waals surface area contributed by atoms with Crippen molar-refractivity contribution in [3.05, 3.63) is 16.4 Å². The molecule has 3 nitrogen and oxygen atoms in total. The van der Waals surface area contributed by atoms with Gasteiger partial charge >= 0.3 is 0 Å². The van der Waals surface area contributed by atoms with Crippen LogP contribution in [-0.4, -0.2) is 21.0 Å². The van der Waals surface area contributed by atoms with Gasteiger partial charge in [-0.2, -0.15) is 5.10 Å². The Hall–Kier alpha value is -0.350. The minimum absolute atomic E-state index is 0.244. The monoisotopic (exact) mass is 260 g/mol. The fraction of sp³-hybridized carbons (Fsp3) is 0.700. The number of hydrogen-bond acceptors (Lipinski definition) is 2. The van der Waals surface area contributed by atoms with Crippen molar-refractivity contribution in [2.45, 2.75) is 45.8 Å². The molecule has 0 amide bonds. The molecule has 1 N–H and O–H groups in total. The van der Waals surface area contributed by atoms with Gasteiger partial charge in [0, 0.05) is 6.54 Å². The smallest absolute Gasteiger partial charge is 0.0635 e. The van der Waals surface area contributed by atoms with Crippen LogP contribution in [0.25, 0.3) is 0 Å². The molecule has 1 rings (SSSR count). The number of aliphatic hydroxyl groups is 1. The van der Waals surface area contributed by atoms with Crippen LogP contribution in [-0.2, 0) is 13.0 Å². The second kappa shape index (κ2) is 5.51. The van der Waals surface area contributed by atoms with Gasteiger partial charge in [-0.15, -0.1) is 0 Å². The van der Waals surface area contributed by atoms with Crippen molar-refractivity contribution in [3.8, 4) is 0 Å². The van der Waals surface area contributed by atoms with Crippen LogP contribution in [0.5, 0.6) is 0 Å². The normalized spacial score (nSPS) is 13.1. The van der Waals surface area contributed by atoms with E-state index >= 15 is 0 Å². The lowest BCUT2D eigenvalue weighted by Crippen LogP contribution is -2.08. The van der Waals surface area contributed by atoms with Gasteiger partial charge in [-0.1, -0.05) is 6.92 Å². The van der Waals surface area contributed by atoms with Crippen molar-refractivity contribution in [1.82, 2.24) is 9.78 Å². The van der Waals surface area contributed by atoms with E-state index in [1.54, 1.807) is 0 Å². The highest BCUT2D eigenvalue weighted by atomic mass is 79.9. The lowest BCUT2D eigenvalue weighted by atomic mass is 10.2. The van der Waals surface area contributed by atoms with E-state index in [1.807, 2.05) is 17.8 Å². The highest BCUT2D eigenvalue weighted by Crippen LogP contribution is 2.18. The minimum Gasteiger partial charge on any atom is -0.393 e. The number of aryl methyl sites for hydroxylation is 1. The third-order valence-electron chi connectivity index (χ3n) is 2.13. The molecule has 0 radical (unpaired) electrons. The van der Waals surface area contributed by atoms with E-state index in [4.69, 9.17) is 0 Å². The Morgan fingerprint density at radius 2 is 2.36 bits per heavy atom. The maximum absolute atomic E-state index is 9.22. The van der Waals surface area contributed by atoms with Crippen molar-refractivity contribution < 1.29 is 5.11 Å². The molecule has 0 aromatic carbocycles. The lowest BCUT2D eigenvalue weighted by molar-refractivity contribution is 0.184. The zero-order valence-electron chi connectivity index (χ0n) is 8.70. The molecule has 1 atom stereocenters. The van der Waals surface area contributed by atoms with Gasteiger partial charge in [0.2, 0.25) is 0 Å². The first-order valence-electron chi connectivity index (χ1n) is 5.03. The fourth-order valence-electron chi connectivity index (χ4n) is 1.39. The number of hydrogen-bond donors (Lipinski definition) is 1. The van der Waals surface area contributed by atoms with Gasteiger partial charge in [-0.25, -0.2) is 0 Å². The van der Waals surface area contributed by atoms with Gasteiger partial charge < -0.3 is 5.11 Å². The Kier molecular flexibility index (Phi) is 4.62. The molecule has 0 saturated heterocycles. The van der Waals surface area contributed by atoms with Crippen LogP contribution in [0, 0.1) is 0 Å². The van der Waals surface area contributed by atoms with Gasteiger partial charge in [0.15, 0.2) is 0 Å². The number of aromatic nitrogens is 2. The average Bonchev–Trinajstić information content (AvgIpc) is 2.45. The predicted octanol–water partition coefficient (Wildman–Crippen LogP) is 2.37. The van der Waals surface area contributed by atoms with Gasteiger partial charge in [-0.3, -0.25) is 4.68 Å². The van der Waals surface area contributed by atoms with Crippen LogP contribution in [0.3, 0.4) is 0 Å². The Bertz CT molecular complexity index is 284. The molecule has 0 fully saturated rings. The summed E-state index contributed by atoms with van der Waals surface area (Å²) in [6.45, 7) is 4.89. The molecule has 0 spiro atoms. The van der Waals surface area contributed by atoms with E-state index in [0.29, 0.717) is 0 Å². The van der Waals surface area contributed by atoms with E-state index < -0.39 is 0 Å². The number of nitrogens with zero attached hydrogens (tertiary/aromatic N) is 2. The molecule has 0 aliphatic heterocycles. The van der Waals surface area contributed by atoms with Crippen molar-refractivity contribution in [2.75, 3.05) is 0 Å². The first-order valence-corrected chi connectivity index (χ1v) is 5.82. The van der Waals surface area contributed by atoms with Crippen molar-refractivity contribution in [3.63, 3.8) is 0 Å². The summed E-state index contributed by atoms with van der Waals surface area (Å²) in [7, 11) is 0. The summed E-state index contributed by atoms with van der Waals surface area (Å²) in [5, 5.41) is 13.5. The summed E-state index contributed by atoms with van der Waals surface area (Å²) in [5.74, 6) is 0. The highest BCUT2D eigenvalue weighted by Gasteiger charge is 2.08. The molecule has 1 unspecified atom stereocenters. The van der Waals surface area contributed by atoms with Crippen LogP contribution < -0.4 is 0 Å². The standard InChI is InChI=1S/C10H17BrN2O/c1-3-6-13-10(5-4-8(2)14)9(11)7-12-13/h7-8,14H,3-6H2,1-2H3. The zero-order chi connectivity index (χ0) is 10.6.